The van der Waals surface area contributed by atoms with Gasteiger partial charge in [-0.2, -0.15) is 4.36 Å². The topological polar surface area (TPSA) is 72.5 Å². The fraction of sp³-hybridized carbons (Fsp3) is 0.385. The lowest BCUT2D eigenvalue weighted by Crippen LogP contribution is -2.06. The molecule has 1 aliphatic heterocycles. The molecule has 0 unspecified atom stereocenters. The zero-order valence-electron chi connectivity index (χ0n) is 11.0. The molecular formula is C13H14N2O3S2. The van der Waals surface area contributed by atoms with E-state index < -0.39 is 15.6 Å². The number of furan rings is 1. The lowest BCUT2D eigenvalue weighted by Gasteiger charge is -1.97. The summed E-state index contributed by atoms with van der Waals surface area (Å²) in [6.07, 6.45) is 1.76. The van der Waals surface area contributed by atoms with Crippen LogP contribution in [-0.2, 0) is 9.73 Å². The van der Waals surface area contributed by atoms with Gasteiger partial charge in [0.2, 0.25) is 0 Å². The van der Waals surface area contributed by atoms with E-state index in [1.54, 1.807) is 5.38 Å². The predicted molar refractivity (Wildman–Crippen MR) is 78.4 cm³/mol. The van der Waals surface area contributed by atoms with E-state index >= 15 is 0 Å². The largest absolute Gasteiger partial charge is 0.459 e. The van der Waals surface area contributed by atoms with E-state index in [9.17, 15) is 9.00 Å². The van der Waals surface area contributed by atoms with Crippen LogP contribution in [0.25, 0.3) is 10.8 Å². The van der Waals surface area contributed by atoms with Gasteiger partial charge in [0.05, 0.1) is 9.73 Å². The smallest absolute Gasteiger partial charge is 0.304 e. The first kappa shape index (κ1) is 13.5. The zero-order valence-corrected chi connectivity index (χ0v) is 12.6. The second-order valence-corrected chi connectivity index (χ2v) is 8.13. The molecule has 2 aromatic rings. The Morgan fingerprint density at radius 2 is 2.15 bits per heavy atom. The molecule has 0 radical (unpaired) electrons. The quantitative estimate of drug-likeness (QED) is 0.854. The third-order valence-electron chi connectivity index (χ3n) is 3.10. The minimum absolute atomic E-state index is 0.244. The molecule has 20 heavy (non-hydrogen) atoms. The van der Waals surface area contributed by atoms with Crippen molar-refractivity contribution in [3.8, 4) is 10.8 Å². The summed E-state index contributed by atoms with van der Waals surface area (Å²) in [5, 5.41) is 2.27. The maximum atomic E-state index is 12.2. The minimum Gasteiger partial charge on any atom is -0.459 e. The first-order valence-corrected chi connectivity index (χ1v) is 9.08. The number of amides is 1. The fourth-order valence-electron chi connectivity index (χ4n) is 2.08. The van der Waals surface area contributed by atoms with Gasteiger partial charge in [0.25, 0.3) is 0 Å². The van der Waals surface area contributed by atoms with Crippen LogP contribution in [0.3, 0.4) is 0 Å². The maximum absolute atomic E-state index is 12.2. The van der Waals surface area contributed by atoms with Crippen LogP contribution in [0.5, 0.6) is 0 Å². The molecule has 106 valence electrons. The highest BCUT2D eigenvalue weighted by Gasteiger charge is 2.20. The van der Waals surface area contributed by atoms with Gasteiger partial charge in [-0.15, -0.1) is 11.3 Å². The van der Waals surface area contributed by atoms with Gasteiger partial charge in [-0.05, 0) is 31.9 Å². The van der Waals surface area contributed by atoms with Crippen LogP contribution in [0, 0.1) is 6.92 Å². The number of thiazole rings is 1. The van der Waals surface area contributed by atoms with Crippen LogP contribution in [0.2, 0.25) is 0 Å². The van der Waals surface area contributed by atoms with Crippen molar-refractivity contribution in [2.75, 3.05) is 11.5 Å². The van der Waals surface area contributed by atoms with Gasteiger partial charge >= 0.3 is 5.91 Å². The Bertz CT molecular complexity index is 754. The molecule has 0 aliphatic carbocycles. The van der Waals surface area contributed by atoms with Crippen molar-refractivity contribution in [1.29, 1.82) is 0 Å². The van der Waals surface area contributed by atoms with Crippen molar-refractivity contribution in [2.24, 2.45) is 4.36 Å². The minimum atomic E-state index is -2.34. The Morgan fingerprint density at radius 3 is 2.80 bits per heavy atom. The van der Waals surface area contributed by atoms with E-state index in [0.717, 1.165) is 18.6 Å². The Balaban J connectivity index is 1.87. The number of carbonyl (C=O) groups is 1. The van der Waals surface area contributed by atoms with Crippen LogP contribution in [0.1, 0.15) is 29.1 Å². The van der Waals surface area contributed by atoms with Crippen molar-refractivity contribution in [1.82, 2.24) is 4.98 Å². The van der Waals surface area contributed by atoms with E-state index in [1.165, 1.54) is 11.3 Å². The number of aryl methyl sites for hydroxylation is 1. The number of aromatic nitrogens is 1. The second-order valence-electron chi connectivity index (χ2n) is 4.73. The van der Waals surface area contributed by atoms with Gasteiger partial charge in [-0.1, -0.05) is 0 Å². The summed E-state index contributed by atoms with van der Waals surface area (Å²) in [7, 11) is -2.34. The molecule has 2 aromatic heterocycles. The van der Waals surface area contributed by atoms with Crippen molar-refractivity contribution >= 4 is 27.0 Å². The number of nitrogens with zero attached hydrogens (tertiary/aromatic N) is 2. The summed E-state index contributed by atoms with van der Waals surface area (Å²) in [5.41, 5.74) is 0.244. The monoisotopic (exact) mass is 310 g/mol. The lowest BCUT2D eigenvalue weighted by atomic mass is 10.4. The molecule has 5 nitrogen and oxygen atoms in total. The van der Waals surface area contributed by atoms with Crippen molar-refractivity contribution in [3.05, 3.63) is 29.0 Å². The Morgan fingerprint density at radius 1 is 1.40 bits per heavy atom. The first-order valence-electron chi connectivity index (χ1n) is 6.35. The van der Waals surface area contributed by atoms with E-state index in [2.05, 4.69) is 9.35 Å². The van der Waals surface area contributed by atoms with E-state index in [4.69, 9.17) is 4.42 Å². The number of hydrogen-bond donors (Lipinski definition) is 0. The van der Waals surface area contributed by atoms with Crippen LogP contribution in [-0.4, -0.2) is 26.6 Å². The van der Waals surface area contributed by atoms with Gasteiger partial charge in [-0.25, -0.2) is 9.19 Å². The summed E-state index contributed by atoms with van der Waals surface area (Å²) < 4.78 is 21.6. The zero-order chi connectivity index (χ0) is 14.2. The number of hydrogen-bond acceptors (Lipinski definition) is 5. The maximum Gasteiger partial charge on any atom is 0.304 e. The number of rotatable bonds is 2. The molecule has 0 bridgehead atoms. The average Bonchev–Trinajstić information content (AvgIpc) is 3.09. The lowest BCUT2D eigenvalue weighted by molar-refractivity contribution is 0.100. The van der Waals surface area contributed by atoms with E-state index in [0.29, 0.717) is 22.3 Å². The van der Waals surface area contributed by atoms with Gasteiger partial charge in [-0.3, -0.25) is 4.79 Å². The van der Waals surface area contributed by atoms with Crippen LogP contribution in [0.4, 0.5) is 0 Å². The van der Waals surface area contributed by atoms with Crippen molar-refractivity contribution < 1.29 is 13.4 Å². The summed E-state index contributed by atoms with van der Waals surface area (Å²) >= 11 is 1.32. The highest BCUT2D eigenvalue weighted by atomic mass is 32.2. The molecule has 3 heterocycles. The van der Waals surface area contributed by atoms with Gasteiger partial charge < -0.3 is 4.42 Å². The van der Waals surface area contributed by atoms with Gasteiger partial charge in [0.1, 0.15) is 11.5 Å². The molecule has 0 aromatic carbocycles. The highest BCUT2D eigenvalue weighted by Crippen LogP contribution is 2.26. The molecule has 0 saturated carbocycles. The predicted octanol–water partition coefficient (Wildman–Crippen LogP) is 3.11. The molecular weight excluding hydrogens is 296 g/mol. The van der Waals surface area contributed by atoms with E-state index in [1.807, 2.05) is 19.1 Å². The van der Waals surface area contributed by atoms with Crippen LogP contribution in [0.15, 0.2) is 26.3 Å². The first-order chi connectivity index (χ1) is 9.56. The summed E-state index contributed by atoms with van der Waals surface area (Å²) in [5.74, 6) is 1.99. The van der Waals surface area contributed by atoms with Crippen molar-refractivity contribution in [2.45, 2.75) is 19.8 Å². The third-order valence-corrected chi connectivity index (χ3v) is 6.31. The molecule has 0 spiro atoms. The molecule has 1 saturated heterocycles. The molecule has 0 atom stereocenters. The fourth-order valence-corrected chi connectivity index (χ4v) is 4.93. The van der Waals surface area contributed by atoms with E-state index in [-0.39, 0.29) is 5.69 Å². The Hall–Kier alpha value is -1.47. The van der Waals surface area contributed by atoms with Crippen molar-refractivity contribution in [3.63, 3.8) is 0 Å². The molecule has 1 amide bonds. The molecule has 3 rings (SSSR count). The second kappa shape index (κ2) is 5.14. The standard InChI is InChI=1S/C13H14N2O3S2/c1-9-4-5-11(18-9)13-14-10(8-19-13)12(16)15-20(17)6-2-3-7-20/h4-5,8H,2-3,6-7H2,1H3. The normalized spacial score (nSPS) is 17.2. The third kappa shape index (κ3) is 2.69. The molecule has 1 fully saturated rings. The SMILES string of the molecule is Cc1ccc(-c2nc(C(=O)N=S3(=O)CCCC3)cs2)o1. The molecule has 7 heteroatoms. The Kier molecular flexibility index (Phi) is 3.47. The summed E-state index contributed by atoms with van der Waals surface area (Å²) in [6.45, 7) is 1.85. The highest BCUT2D eigenvalue weighted by molar-refractivity contribution is 7.94. The van der Waals surface area contributed by atoms with Crippen LogP contribution >= 0.6 is 11.3 Å². The van der Waals surface area contributed by atoms with Crippen LogP contribution < -0.4 is 0 Å². The summed E-state index contributed by atoms with van der Waals surface area (Å²) in [4.78, 5) is 16.2. The van der Waals surface area contributed by atoms with Gasteiger partial charge in [0, 0.05) is 16.9 Å². The van der Waals surface area contributed by atoms with Gasteiger partial charge in [0.15, 0.2) is 10.8 Å². The average molecular weight is 310 g/mol. The Labute approximate surface area is 121 Å². The summed E-state index contributed by atoms with van der Waals surface area (Å²) in [6, 6.07) is 3.66. The molecule has 1 aliphatic rings. The number of carbonyl (C=O) groups excluding carboxylic acids is 1. The molecule has 0 N–H and O–H groups in total.